The summed E-state index contributed by atoms with van der Waals surface area (Å²) in [6.45, 7) is 3.57. The molecule has 8 nitrogen and oxygen atoms in total. The van der Waals surface area contributed by atoms with Crippen LogP contribution in [0.5, 0.6) is 5.06 Å². The number of nitrogens with one attached hydrogen (secondary N) is 1. The van der Waals surface area contributed by atoms with Crippen molar-refractivity contribution in [2.24, 2.45) is 0 Å². The third-order valence-electron chi connectivity index (χ3n) is 5.35. The number of aryl methyl sites for hydroxylation is 1. The first kappa shape index (κ1) is 29.4. The summed E-state index contributed by atoms with van der Waals surface area (Å²) in [6, 6.07) is 10.8. The molecule has 1 aromatic heterocycles. The van der Waals surface area contributed by atoms with Crippen LogP contribution >= 0.6 is 34.5 Å². The normalized spacial score (nSPS) is 11.3. The summed E-state index contributed by atoms with van der Waals surface area (Å²) in [6.07, 6.45) is 3.99. The fraction of sp³-hybridized carbons (Fsp3) is 0.296. The number of hydrogen-bond donors (Lipinski definition) is 2. The third-order valence-corrected chi connectivity index (χ3v) is 6.91. The number of amides is 1. The molecule has 0 bridgehead atoms. The molecule has 0 radical (unpaired) electrons. The minimum atomic E-state index is -1.28. The van der Waals surface area contributed by atoms with Gasteiger partial charge in [-0.25, -0.2) is 9.78 Å². The molecule has 0 aliphatic rings. The van der Waals surface area contributed by atoms with Gasteiger partial charge in [-0.15, -0.1) is 0 Å². The predicted octanol–water partition coefficient (Wildman–Crippen LogP) is 6.81. The van der Waals surface area contributed by atoms with Gasteiger partial charge < -0.3 is 19.3 Å². The number of carboxylic acid groups (broad SMARTS) is 1. The van der Waals surface area contributed by atoms with Crippen molar-refractivity contribution in [1.29, 1.82) is 0 Å². The summed E-state index contributed by atoms with van der Waals surface area (Å²) in [5.41, 5.74) is 3.05. The zero-order chi connectivity index (χ0) is 27.7. The zero-order valence-corrected chi connectivity index (χ0v) is 23.5. The van der Waals surface area contributed by atoms with E-state index in [0.717, 1.165) is 37.0 Å². The number of benzene rings is 2. The lowest BCUT2D eigenvalue weighted by Gasteiger charge is -2.08. The van der Waals surface area contributed by atoms with Crippen molar-refractivity contribution >= 4 is 57.6 Å². The second-order valence-corrected chi connectivity index (χ2v) is 9.88. The van der Waals surface area contributed by atoms with Gasteiger partial charge in [-0.05, 0) is 49.1 Å². The summed E-state index contributed by atoms with van der Waals surface area (Å²) in [5, 5.41) is 13.0. The number of carbonyl (C=O) groups excluding carboxylic acids is 1. The van der Waals surface area contributed by atoms with Crippen LogP contribution in [-0.2, 0) is 20.7 Å². The maximum atomic E-state index is 13.0. The summed E-state index contributed by atoms with van der Waals surface area (Å²) in [7, 11) is 2.77. The lowest BCUT2D eigenvalue weighted by molar-refractivity contribution is -0.135. The Morgan fingerprint density at radius 2 is 1.87 bits per heavy atom. The summed E-state index contributed by atoms with van der Waals surface area (Å²) >= 11 is 13.8. The molecule has 1 amide bonds. The number of halogens is 2. The second kappa shape index (κ2) is 14.2. The number of aromatic nitrogens is 1. The fourth-order valence-electron chi connectivity index (χ4n) is 3.54. The highest BCUT2D eigenvalue weighted by molar-refractivity contribution is 7.18. The SMILES string of the molecule is CCCOCCCc1cccc(-c2nc(NC(=O)c3cc(Cl)c(/C=C(/OC)C(=O)O)c(Cl)c3)sc2OC)c1. The largest absolute Gasteiger partial charge is 0.490 e. The number of rotatable bonds is 13. The van der Waals surface area contributed by atoms with Gasteiger partial charge >= 0.3 is 5.97 Å². The van der Waals surface area contributed by atoms with Gasteiger partial charge in [-0.1, -0.05) is 59.7 Å². The molecule has 1 heterocycles. The minimum absolute atomic E-state index is 0.0905. The molecular weight excluding hydrogens is 551 g/mol. The first-order valence-corrected chi connectivity index (χ1v) is 13.4. The Balaban J connectivity index is 1.78. The first-order valence-electron chi connectivity index (χ1n) is 11.8. The molecule has 11 heteroatoms. The molecule has 0 aliphatic heterocycles. The molecular formula is C27H28Cl2N2O6S. The molecule has 2 N–H and O–H groups in total. The monoisotopic (exact) mass is 578 g/mol. The van der Waals surface area contributed by atoms with E-state index in [4.69, 9.17) is 42.5 Å². The average molecular weight is 580 g/mol. The van der Waals surface area contributed by atoms with Gasteiger partial charge in [0.2, 0.25) is 10.8 Å². The van der Waals surface area contributed by atoms with Crippen LogP contribution in [0.1, 0.15) is 41.3 Å². The molecule has 2 aromatic carbocycles. The summed E-state index contributed by atoms with van der Waals surface area (Å²) < 4.78 is 15.9. The number of ether oxygens (including phenoxy) is 3. The number of carboxylic acids is 1. The molecule has 3 rings (SSSR count). The van der Waals surface area contributed by atoms with E-state index < -0.39 is 11.9 Å². The van der Waals surface area contributed by atoms with E-state index in [9.17, 15) is 9.59 Å². The van der Waals surface area contributed by atoms with Crippen LogP contribution in [0.25, 0.3) is 17.3 Å². The molecule has 0 spiro atoms. The maximum Gasteiger partial charge on any atom is 0.371 e. The molecule has 0 saturated heterocycles. The smallest absolute Gasteiger partial charge is 0.371 e. The number of anilines is 1. The van der Waals surface area contributed by atoms with Crippen LogP contribution < -0.4 is 10.1 Å². The Bertz CT molecular complexity index is 1300. The number of carbonyl (C=O) groups is 2. The zero-order valence-electron chi connectivity index (χ0n) is 21.2. The van der Waals surface area contributed by atoms with E-state index in [2.05, 4.69) is 29.4 Å². The van der Waals surface area contributed by atoms with Gasteiger partial charge in [0.25, 0.3) is 5.91 Å². The molecule has 3 aromatic rings. The van der Waals surface area contributed by atoms with Crippen LogP contribution in [0.4, 0.5) is 5.13 Å². The first-order chi connectivity index (χ1) is 18.3. The third kappa shape index (κ3) is 7.70. The number of methoxy groups -OCH3 is 2. The predicted molar refractivity (Wildman–Crippen MR) is 151 cm³/mol. The van der Waals surface area contributed by atoms with Crippen molar-refractivity contribution in [3.8, 4) is 16.3 Å². The van der Waals surface area contributed by atoms with Crippen molar-refractivity contribution < 1.29 is 28.9 Å². The molecule has 202 valence electrons. The van der Waals surface area contributed by atoms with Gasteiger partial charge in [-0.3, -0.25) is 10.1 Å². The van der Waals surface area contributed by atoms with Crippen LogP contribution in [0.2, 0.25) is 10.0 Å². The Morgan fingerprint density at radius 3 is 2.50 bits per heavy atom. The maximum absolute atomic E-state index is 13.0. The Kier molecular flexibility index (Phi) is 11.0. The fourth-order valence-corrected chi connectivity index (χ4v) is 4.94. The van der Waals surface area contributed by atoms with Gasteiger partial charge in [-0.2, -0.15) is 0 Å². The minimum Gasteiger partial charge on any atom is -0.490 e. The van der Waals surface area contributed by atoms with E-state index in [1.807, 2.05) is 12.1 Å². The Hall–Kier alpha value is -3.11. The highest BCUT2D eigenvalue weighted by atomic mass is 35.5. The molecule has 0 fully saturated rings. The van der Waals surface area contributed by atoms with Crippen LogP contribution in [-0.4, -0.2) is 49.4 Å². The Morgan fingerprint density at radius 1 is 1.13 bits per heavy atom. The van der Waals surface area contributed by atoms with Gasteiger partial charge in [0.05, 0.1) is 24.3 Å². The number of aliphatic carboxylic acids is 1. The lowest BCUT2D eigenvalue weighted by atomic mass is 10.1. The van der Waals surface area contributed by atoms with E-state index in [-0.39, 0.29) is 26.9 Å². The molecule has 0 unspecified atom stereocenters. The lowest BCUT2D eigenvalue weighted by Crippen LogP contribution is -2.12. The standard InChI is InChI=1S/C27H28Cl2N2O6S/c1-4-10-37-11-6-8-16-7-5-9-17(12-16)23-26(36-3)38-27(30-23)31-24(32)18-13-20(28)19(21(29)14-18)15-22(35-2)25(33)34/h5,7,9,12-15H,4,6,8,10-11H2,1-3H3,(H,33,34)(H,30,31,32)/b22-15+. The van der Waals surface area contributed by atoms with Gasteiger partial charge in [0.1, 0.15) is 5.69 Å². The molecule has 38 heavy (non-hydrogen) atoms. The average Bonchev–Trinajstić information content (AvgIpc) is 3.31. The topological polar surface area (TPSA) is 107 Å². The van der Waals surface area contributed by atoms with Gasteiger partial charge in [0, 0.05) is 29.9 Å². The number of nitrogens with zero attached hydrogens (tertiary/aromatic N) is 1. The summed E-state index contributed by atoms with van der Waals surface area (Å²) in [5.74, 6) is -2.11. The van der Waals surface area contributed by atoms with Crippen molar-refractivity contribution in [1.82, 2.24) is 4.98 Å². The number of hydrogen-bond acceptors (Lipinski definition) is 7. The van der Waals surface area contributed by atoms with Gasteiger partial charge in [0.15, 0.2) is 5.13 Å². The van der Waals surface area contributed by atoms with Crippen molar-refractivity contribution in [3.63, 3.8) is 0 Å². The highest BCUT2D eigenvalue weighted by Crippen LogP contribution is 2.38. The van der Waals surface area contributed by atoms with Crippen molar-refractivity contribution in [2.45, 2.75) is 26.2 Å². The van der Waals surface area contributed by atoms with E-state index >= 15 is 0 Å². The number of thiazole rings is 1. The molecule has 0 atom stereocenters. The molecule has 0 aliphatic carbocycles. The highest BCUT2D eigenvalue weighted by Gasteiger charge is 2.19. The summed E-state index contributed by atoms with van der Waals surface area (Å²) in [4.78, 5) is 28.8. The second-order valence-electron chi connectivity index (χ2n) is 8.10. The van der Waals surface area contributed by atoms with E-state index in [0.29, 0.717) is 22.5 Å². The van der Waals surface area contributed by atoms with Crippen molar-refractivity contribution in [2.75, 3.05) is 32.8 Å². The van der Waals surface area contributed by atoms with Crippen LogP contribution in [0.3, 0.4) is 0 Å². The van der Waals surface area contributed by atoms with Crippen LogP contribution in [0.15, 0.2) is 42.2 Å². The van der Waals surface area contributed by atoms with Crippen molar-refractivity contribution in [3.05, 3.63) is 68.9 Å². The molecule has 0 saturated carbocycles. The van der Waals surface area contributed by atoms with E-state index in [1.165, 1.54) is 36.7 Å². The quantitative estimate of drug-likeness (QED) is 0.130. The van der Waals surface area contributed by atoms with Crippen LogP contribution in [0, 0.1) is 0 Å². The Labute approximate surface area is 235 Å². The van der Waals surface area contributed by atoms with E-state index in [1.54, 1.807) is 7.11 Å².